The highest BCUT2D eigenvalue weighted by Gasteiger charge is 2.26. The van der Waals surface area contributed by atoms with E-state index in [0.717, 1.165) is 24.1 Å². The van der Waals surface area contributed by atoms with Crippen molar-refractivity contribution in [2.24, 2.45) is 0 Å². The molecule has 0 bridgehead atoms. The number of fused-ring (bicyclic) bond motifs is 1. The summed E-state index contributed by atoms with van der Waals surface area (Å²) >= 11 is 0. The zero-order valence-corrected chi connectivity index (χ0v) is 12.7. The molecule has 2 heterocycles. The fourth-order valence-electron chi connectivity index (χ4n) is 2.92. The van der Waals surface area contributed by atoms with E-state index in [0.29, 0.717) is 25.1 Å². The molecule has 1 aromatic rings. The maximum Gasteiger partial charge on any atom is 0.251 e. The molecule has 3 amide bonds. The van der Waals surface area contributed by atoms with Crippen LogP contribution in [0.5, 0.6) is 0 Å². The lowest BCUT2D eigenvalue weighted by Gasteiger charge is -2.21. The Hall–Kier alpha value is -2.41. The van der Waals surface area contributed by atoms with Crippen molar-refractivity contribution in [3.63, 3.8) is 0 Å². The Labute approximate surface area is 133 Å². The molecular formula is C16H19N3O4. The first-order valence-electron chi connectivity index (χ1n) is 7.72. The van der Waals surface area contributed by atoms with Gasteiger partial charge in [-0.2, -0.15) is 0 Å². The first-order chi connectivity index (χ1) is 11.0. The lowest BCUT2D eigenvalue weighted by Crippen LogP contribution is -2.42. The predicted molar refractivity (Wildman–Crippen MR) is 83.8 cm³/mol. The van der Waals surface area contributed by atoms with Gasteiger partial charge in [-0.15, -0.1) is 0 Å². The van der Waals surface area contributed by atoms with Crippen LogP contribution in [0.3, 0.4) is 0 Å². The molecule has 1 atom stereocenters. The van der Waals surface area contributed by atoms with Gasteiger partial charge in [-0.05, 0) is 43.0 Å². The highest BCUT2D eigenvalue weighted by molar-refractivity contribution is 6.00. The molecular weight excluding hydrogens is 298 g/mol. The highest BCUT2D eigenvalue weighted by Crippen LogP contribution is 2.26. The van der Waals surface area contributed by atoms with Gasteiger partial charge < -0.3 is 20.6 Å². The van der Waals surface area contributed by atoms with Crippen molar-refractivity contribution < 1.29 is 19.5 Å². The second-order valence-electron chi connectivity index (χ2n) is 5.92. The van der Waals surface area contributed by atoms with Crippen LogP contribution in [0.1, 0.15) is 24.8 Å². The van der Waals surface area contributed by atoms with E-state index in [4.69, 9.17) is 0 Å². The number of nitrogens with one attached hydrogen (secondary N) is 2. The van der Waals surface area contributed by atoms with Gasteiger partial charge in [0.2, 0.25) is 11.8 Å². The molecule has 0 radical (unpaired) electrons. The fourth-order valence-corrected chi connectivity index (χ4v) is 2.92. The van der Waals surface area contributed by atoms with Gasteiger partial charge in [0, 0.05) is 17.9 Å². The molecule has 3 N–H and O–H groups in total. The number of carbonyl (C=O) groups excluding carboxylic acids is 3. The third-order valence-electron chi connectivity index (χ3n) is 4.10. The third-order valence-corrected chi connectivity index (χ3v) is 4.10. The van der Waals surface area contributed by atoms with E-state index in [1.165, 1.54) is 4.90 Å². The number of nitrogens with zero attached hydrogens (tertiary/aromatic N) is 1. The number of carbonyl (C=O) groups is 3. The lowest BCUT2D eigenvalue weighted by molar-refractivity contribution is -0.141. The Morgan fingerprint density at radius 2 is 2.17 bits per heavy atom. The number of anilines is 2. The SMILES string of the molecule is O=C(CN1CCCC[C@H](O)C1=O)Nc1ccc2c(c1)CC(=O)N2. The van der Waals surface area contributed by atoms with Crippen molar-refractivity contribution in [1.29, 1.82) is 0 Å². The van der Waals surface area contributed by atoms with Crippen molar-refractivity contribution in [2.75, 3.05) is 23.7 Å². The van der Waals surface area contributed by atoms with Crippen LogP contribution in [0.25, 0.3) is 0 Å². The molecule has 0 aromatic heterocycles. The first-order valence-corrected chi connectivity index (χ1v) is 7.72. The van der Waals surface area contributed by atoms with Crippen molar-refractivity contribution >= 4 is 29.1 Å². The van der Waals surface area contributed by atoms with Crippen molar-refractivity contribution in [2.45, 2.75) is 31.8 Å². The molecule has 1 fully saturated rings. The summed E-state index contributed by atoms with van der Waals surface area (Å²) in [6.45, 7) is 0.399. The summed E-state index contributed by atoms with van der Waals surface area (Å²) < 4.78 is 0. The Morgan fingerprint density at radius 1 is 1.35 bits per heavy atom. The summed E-state index contributed by atoms with van der Waals surface area (Å²) in [5.74, 6) is -0.765. The van der Waals surface area contributed by atoms with Crippen molar-refractivity contribution in [3.8, 4) is 0 Å². The van der Waals surface area contributed by atoms with Gasteiger partial charge in [0.05, 0.1) is 13.0 Å². The predicted octanol–water partition coefficient (Wildman–Crippen LogP) is 0.493. The molecule has 0 aliphatic carbocycles. The molecule has 23 heavy (non-hydrogen) atoms. The normalized spacial score (nSPS) is 20.7. The minimum atomic E-state index is -1.01. The molecule has 0 saturated carbocycles. The molecule has 2 aliphatic rings. The lowest BCUT2D eigenvalue weighted by atomic mass is 10.1. The fraction of sp³-hybridized carbons (Fsp3) is 0.438. The highest BCUT2D eigenvalue weighted by atomic mass is 16.3. The largest absolute Gasteiger partial charge is 0.383 e. The van der Waals surface area contributed by atoms with E-state index in [1.54, 1.807) is 18.2 Å². The molecule has 122 valence electrons. The average Bonchev–Trinajstić information content (AvgIpc) is 2.80. The number of amides is 3. The van der Waals surface area contributed by atoms with Gasteiger partial charge in [-0.1, -0.05) is 0 Å². The van der Waals surface area contributed by atoms with Gasteiger partial charge in [-0.3, -0.25) is 14.4 Å². The first kappa shape index (κ1) is 15.5. The van der Waals surface area contributed by atoms with Gasteiger partial charge in [0.1, 0.15) is 6.10 Å². The second kappa shape index (κ2) is 6.37. The minimum absolute atomic E-state index is 0.0624. The summed E-state index contributed by atoms with van der Waals surface area (Å²) in [4.78, 5) is 36.8. The molecule has 7 heteroatoms. The number of aliphatic hydroxyl groups is 1. The van der Waals surface area contributed by atoms with Crippen LogP contribution in [0.4, 0.5) is 11.4 Å². The topological polar surface area (TPSA) is 98.7 Å². The number of benzene rings is 1. The van der Waals surface area contributed by atoms with E-state index in [2.05, 4.69) is 10.6 Å². The van der Waals surface area contributed by atoms with Crippen molar-refractivity contribution in [1.82, 2.24) is 4.90 Å². The van der Waals surface area contributed by atoms with Crippen LogP contribution < -0.4 is 10.6 Å². The van der Waals surface area contributed by atoms with E-state index < -0.39 is 6.10 Å². The number of likely N-dealkylation sites (tertiary alicyclic amines) is 1. The number of hydrogen-bond acceptors (Lipinski definition) is 4. The third kappa shape index (κ3) is 3.50. The Morgan fingerprint density at radius 3 is 3.00 bits per heavy atom. The van der Waals surface area contributed by atoms with Gasteiger partial charge in [0.25, 0.3) is 5.91 Å². The molecule has 1 aromatic carbocycles. The average molecular weight is 317 g/mol. The monoisotopic (exact) mass is 317 g/mol. The van der Waals surface area contributed by atoms with Crippen LogP contribution in [-0.4, -0.2) is 46.9 Å². The van der Waals surface area contributed by atoms with E-state index in [9.17, 15) is 19.5 Å². The summed E-state index contributed by atoms with van der Waals surface area (Å²) in [7, 11) is 0. The molecule has 0 spiro atoms. The van der Waals surface area contributed by atoms with Crippen LogP contribution in [0.15, 0.2) is 18.2 Å². The zero-order chi connectivity index (χ0) is 16.4. The Balaban J connectivity index is 1.62. The summed E-state index contributed by atoms with van der Waals surface area (Å²) in [5.41, 5.74) is 2.20. The van der Waals surface area contributed by atoms with Gasteiger partial charge >= 0.3 is 0 Å². The van der Waals surface area contributed by atoms with Crippen LogP contribution in [0, 0.1) is 0 Å². The molecule has 7 nitrogen and oxygen atoms in total. The van der Waals surface area contributed by atoms with Crippen LogP contribution in [-0.2, 0) is 20.8 Å². The van der Waals surface area contributed by atoms with Crippen molar-refractivity contribution in [3.05, 3.63) is 23.8 Å². The minimum Gasteiger partial charge on any atom is -0.383 e. The van der Waals surface area contributed by atoms with Crippen LogP contribution >= 0.6 is 0 Å². The Bertz CT molecular complexity index is 659. The Kier molecular flexibility index (Phi) is 4.29. The molecule has 0 unspecified atom stereocenters. The molecule has 2 aliphatic heterocycles. The quantitative estimate of drug-likeness (QED) is 0.755. The maximum absolute atomic E-state index is 12.1. The summed E-state index contributed by atoms with van der Waals surface area (Å²) in [5, 5.41) is 15.2. The molecule has 1 saturated heterocycles. The smallest absolute Gasteiger partial charge is 0.251 e. The number of aliphatic hydroxyl groups excluding tert-OH is 1. The van der Waals surface area contributed by atoms with Gasteiger partial charge in [-0.25, -0.2) is 0 Å². The van der Waals surface area contributed by atoms with Gasteiger partial charge in [0.15, 0.2) is 0 Å². The van der Waals surface area contributed by atoms with E-state index >= 15 is 0 Å². The maximum atomic E-state index is 12.1. The zero-order valence-electron chi connectivity index (χ0n) is 12.7. The molecule has 3 rings (SSSR count). The number of hydrogen-bond donors (Lipinski definition) is 3. The van der Waals surface area contributed by atoms with E-state index in [-0.39, 0.29) is 24.3 Å². The van der Waals surface area contributed by atoms with Crippen LogP contribution in [0.2, 0.25) is 0 Å². The summed E-state index contributed by atoms with van der Waals surface area (Å²) in [6, 6.07) is 5.21. The number of rotatable bonds is 3. The summed E-state index contributed by atoms with van der Waals surface area (Å²) in [6.07, 6.45) is 1.29. The standard InChI is InChI=1S/C16H19N3O4/c20-13-3-1-2-6-19(16(13)23)9-15(22)17-11-4-5-12-10(7-11)8-14(21)18-12/h4-5,7,13,20H,1-3,6,8-9H2,(H,17,22)(H,18,21)/t13-/m0/s1. The van der Waals surface area contributed by atoms with E-state index in [1.807, 2.05) is 0 Å². The second-order valence-corrected chi connectivity index (χ2v) is 5.92.